The second kappa shape index (κ2) is 8.95. The molecule has 36 heavy (non-hydrogen) atoms. The Labute approximate surface area is 213 Å². The monoisotopic (exact) mass is 493 g/mol. The second-order valence-electron chi connectivity index (χ2n) is 9.37. The molecule has 0 N–H and O–H groups in total. The van der Waals surface area contributed by atoms with Gasteiger partial charge in [-0.1, -0.05) is 59.9 Å². The van der Waals surface area contributed by atoms with Crippen LogP contribution in [0.5, 0.6) is 5.75 Å². The lowest BCUT2D eigenvalue weighted by molar-refractivity contribution is 0.414. The predicted molar refractivity (Wildman–Crippen MR) is 147 cm³/mol. The van der Waals surface area contributed by atoms with Gasteiger partial charge in [0.05, 0.1) is 23.4 Å². The third-order valence-corrected chi connectivity index (χ3v) is 7.99. The summed E-state index contributed by atoms with van der Waals surface area (Å²) in [5.74, 6) is 0.801. The number of hydrogen-bond donors (Lipinski definition) is 0. The molecule has 0 radical (unpaired) electrons. The van der Waals surface area contributed by atoms with Crippen LogP contribution in [0.3, 0.4) is 0 Å². The maximum atomic E-state index is 13.8. The standard InChI is InChI=1S/C30H27N3O2S/c1-32(2)22-13-8-19(9-14-22)18-26-29(34)33-28(21-10-15-23(35-3)16-11-21)25-17-12-20-6-4-5-7-24(20)27(25)31-30(33)36-26/h4-11,13-16,18,28H,12,17H2,1-3H3/b26-18+/t28-/m1/s1. The van der Waals surface area contributed by atoms with E-state index in [2.05, 4.69) is 65.6 Å². The van der Waals surface area contributed by atoms with Crippen LogP contribution in [0, 0.1) is 0 Å². The van der Waals surface area contributed by atoms with Crippen molar-refractivity contribution < 1.29 is 4.74 Å². The quantitative estimate of drug-likeness (QED) is 0.424. The molecule has 0 amide bonds. The number of hydrogen-bond acceptors (Lipinski definition) is 5. The van der Waals surface area contributed by atoms with Gasteiger partial charge in [0.15, 0.2) is 4.80 Å². The summed E-state index contributed by atoms with van der Waals surface area (Å²) in [4.78, 5) is 21.7. The fourth-order valence-corrected chi connectivity index (χ4v) is 6.13. The number of ether oxygens (including phenoxy) is 1. The van der Waals surface area contributed by atoms with Gasteiger partial charge in [0.2, 0.25) is 0 Å². The van der Waals surface area contributed by atoms with Crippen LogP contribution in [0.4, 0.5) is 5.69 Å². The summed E-state index contributed by atoms with van der Waals surface area (Å²) in [5, 5.41) is 0. The van der Waals surface area contributed by atoms with Crippen LogP contribution >= 0.6 is 11.3 Å². The molecule has 0 saturated heterocycles. The highest BCUT2D eigenvalue weighted by Gasteiger charge is 2.32. The Kier molecular flexibility index (Phi) is 5.61. The number of aromatic nitrogens is 1. The minimum Gasteiger partial charge on any atom is -0.497 e. The van der Waals surface area contributed by atoms with Crippen LogP contribution in [0.15, 0.2) is 88.2 Å². The molecule has 6 heteroatoms. The topological polar surface area (TPSA) is 46.8 Å². The Morgan fingerprint density at radius 2 is 1.75 bits per heavy atom. The van der Waals surface area contributed by atoms with Crippen molar-refractivity contribution in [1.29, 1.82) is 0 Å². The van der Waals surface area contributed by atoms with Crippen LogP contribution < -0.4 is 24.5 Å². The van der Waals surface area contributed by atoms with Crippen LogP contribution in [-0.2, 0) is 6.42 Å². The van der Waals surface area contributed by atoms with Gasteiger partial charge in [0.1, 0.15) is 5.75 Å². The molecule has 1 aliphatic heterocycles. The molecule has 2 aliphatic rings. The van der Waals surface area contributed by atoms with Crippen molar-refractivity contribution in [2.24, 2.45) is 4.99 Å². The predicted octanol–water partition coefficient (Wildman–Crippen LogP) is 4.39. The van der Waals surface area contributed by atoms with Gasteiger partial charge in [-0.3, -0.25) is 9.36 Å². The number of benzene rings is 3. The first-order chi connectivity index (χ1) is 17.5. The molecular formula is C30H27N3O2S. The highest BCUT2D eigenvalue weighted by molar-refractivity contribution is 7.07. The van der Waals surface area contributed by atoms with Crippen LogP contribution in [0.2, 0.25) is 0 Å². The van der Waals surface area contributed by atoms with Crippen molar-refractivity contribution in [2.75, 3.05) is 26.1 Å². The smallest absolute Gasteiger partial charge is 0.271 e. The van der Waals surface area contributed by atoms with E-state index in [-0.39, 0.29) is 11.6 Å². The molecule has 1 atom stereocenters. The van der Waals surface area contributed by atoms with Crippen molar-refractivity contribution in [3.05, 3.63) is 120 Å². The molecule has 2 heterocycles. The van der Waals surface area contributed by atoms with Gasteiger partial charge in [0, 0.05) is 25.3 Å². The maximum Gasteiger partial charge on any atom is 0.271 e. The Balaban J connectivity index is 1.56. The molecule has 0 bridgehead atoms. The fourth-order valence-electron chi connectivity index (χ4n) is 5.13. The number of thiazole rings is 1. The summed E-state index contributed by atoms with van der Waals surface area (Å²) in [6.45, 7) is 0. The highest BCUT2D eigenvalue weighted by Crippen LogP contribution is 2.41. The molecule has 4 aromatic rings. The molecule has 0 unspecified atom stereocenters. The normalized spacial score (nSPS) is 16.6. The van der Waals surface area contributed by atoms with E-state index in [1.54, 1.807) is 7.11 Å². The van der Waals surface area contributed by atoms with Crippen molar-refractivity contribution in [1.82, 2.24) is 4.57 Å². The Bertz CT molecular complexity index is 1660. The second-order valence-corrected chi connectivity index (χ2v) is 10.4. The average Bonchev–Trinajstić information content (AvgIpc) is 3.22. The van der Waals surface area contributed by atoms with Crippen molar-refractivity contribution in [2.45, 2.75) is 18.9 Å². The van der Waals surface area contributed by atoms with Crippen molar-refractivity contribution in [3.8, 4) is 5.75 Å². The Morgan fingerprint density at radius 1 is 1.00 bits per heavy atom. The van der Waals surface area contributed by atoms with Gasteiger partial charge < -0.3 is 9.64 Å². The van der Waals surface area contributed by atoms with E-state index >= 15 is 0 Å². The van der Waals surface area contributed by atoms with E-state index in [1.807, 2.05) is 36.9 Å². The third kappa shape index (κ3) is 3.78. The van der Waals surface area contributed by atoms with Gasteiger partial charge >= 0.3 is 0 Å². The summed E-state index contributed by atoms with van der Waals surface area (Å²) in [5.41, 5.74) is 7.90. The minimum atomic E-state index is -0.186. The van der Waals surface area contributed by atoms with Crippen molar-refractivity contribution in [3.63, 3.8) is 0 Å². The summed E-state index contributed by atoms with van der Waals surface area (Å²) in [6, 6.07) is 24.6. The first-order valence-corrected chi connectivity index (χ1v) is 12.9. The van der Waals surface area contributed by atoms with Crippen molar-refractivity contribution >= 4 is 28.8 Å². The zero-order valence-electron chi connectivity index (χ0n) is 20.6. The molecule has 3 aromatic carbocycles. The molecule has 0 saturated carbocycles. The van der Waals surface area contributed by atoms with E-state index in [0.717, 1.165) is 45.9 Å². The number of fused-ring (bicyclic) bond motifs is 3. The SMILES string of the molecule is COc1ccc([C@@H]2C3=C(N=c4s/c(=C/c5ccc(N(C)C)cc5)c(=O)n42)c2ccccc2CC3)cc1. The van der Waals surface area contributed by atoms with Crippen LogP contribution in [-0.4, -0.2) is 25.8 Å². The molecular weight excluding hydrogens is 466 g/mol. The number of aryl methyl sites for hydroxylation is 1. The Hall–Kier alpha value is -3.90. The fraction of sp³-hybridized carbons (Fsp3) is 0.200. The van der Waals surface area contributed by atoms with Crippen LogP contribution in [0.1, 0.15) is 34.7 Å². The molecule has 5 nitrogen and oxygen atoms in total. The molecule has 0 fully saturated rings. The van der Waals surface area contributed by atoms with E-state index in [9.17, 15) is 4.79 Å². The van der Waals surface area contributed by atoms with Crippen LogP contribution in [0.25, 0.3) is 11.8 Å². The van der Waals surface area contributed by atoms with E-state index in [1.165, 1.54) is 28.0 Å². The zero-order valence-corrected chi connectivity index (χ0v) is 21.4. The first-order valence-electron chi connectivity index (χ1n) is 12.1. The Morgan fingerprint density at radius 3 is 2.47 bits per heavy atom. The van der Waals surface area contributed by atoms with Gasteiger partial charge in [-0.2, -0.15) is 0 Å². The van der Waals surface area contributed by atoms with E-state index < -0.39 is 0 Å². The highest BCUT2D eigenvalue weighted by atomic mass is 32.1. The van der Waals surface area contributed by atoms with E-state index in [4.69, 9.17) is 9.73 Å². The van der Waals surface area contributed by atoms with Gasteiger partial charge in [-0.05, 0) is 65.4 Å². The lowest BCUT2D eigenvalue weighted by Gasteiger charge is -2.30. The third-order valence-electron chi connectivity index (χ3n) is 7.01. The molecule has 1 aliphatic carbocycles. The summed E-state index contributed by atoms with van der Waals surface area (Å²) >= 11 is 1.46. The summed E-state index contributed by atoms with van der Waals surface area (Å²) in [6.07, 6.45) is 3.80. The number of anilines is 1. The number of allylic oxidation sites excluding steroid dienone is 1. The molecule has 6 rings (SSSR count). The summed E-state index contributed by atoms with van der Waals surface area (Å²) in [7, 11) is 5.71. The molecule has 1 aromatic heterocycles. The van der Waals surface area contributed by atoms with Gasteiger partial charge in [-0.25, -0.2) is 4.99 Å². The van der Waals surface area contributed by atoms with Gasteiger partial charge in [-0.15, -0.1) is 0 Å². The first kappa shape index (κ1) is 22.6. The lowest BCUT2D eigenvalue weighted by Crippen LogP contribution is -2.38. The summed E-state index contributed by atoms with van der Waals surface area (Å²) < 4.78 is 7.97. The molecule has 0 spiro atoms. The van der Waals surface area contributed by atoms with Gasteiger partial charge in [0.25, 0.3) is 5.56 Å². The number of rotatable bonds is 4. The maximum absolute atomic E-state index is 13.8. The minimum absolute atomic E-state index is 0.00154. The lowest BCUT2D eigenvalue weighted by atomic mass is 9.83. The number of methoxy groups -OCH3 is 1. The zero-order chi connectivity index (χ0) is 24.8. The number of nitrogens with zero attached hydrogens (tertiary/aromatic N) is 3. The molecule has 180 valence electrons. The average molecular weight is 494 g/mol. The largest absolute Gasteiger partial charge is 0.497 e. The van der Waals surface area contributed by atoms with E-state index in [0.29, 0.717) is 4.53 Å².